The Morgan fingerprint density at radius 2 is 1.41 bits per heavy atom. The molecule has 0 aliphatic heterocycles. The summed E-state index contributed by atoms with van der Waals surface area (Å²) in [5.41, 5.74) is 1.08. The quantitative estimate of drug-likeness (QED) is 0.373. The molecule has 0 amide bonds. The molecule has 0 saturated heterocycles. The van der Waals surface area contributed by atoms with Gasteiger partial charge in [-0.05, 0) is 18.2 Å². The predicted molar refractivity (Wildman–Crippen MR) is 100 cm³/mol. The van der Waals surface area contributed by atoms with Crippen LogP contribution in [0.1, 0.15) is 17.3 Å². The van der Waals surface area contributed by atoms with Crippen LogP contribution >= 0.6 is 11.6 Å². The van der Waals surface area contributed by atoms with Crippen LogP contribution in [0.2, 0.25) is 5.02 Å². The van der Waals surface area contributed by atoms with Crippen molar-refractivity contribution in [2.24, 2.45) is 0 Å². The molecule has 152 valence electrons. The Morgan fingerprint density at radius 3 is 1.93 bits per heavy atom. The standard InChI is InChI=1S/C18H26ClNO7/c1-14(21)26-11-9-24-7-5-23-6-8-25-10-12-27-18(22)15-3-4-16(19)17(13-15)20-2/h3-4,13,20H,5-12H2,1-2H3. The first-order chi connectivity index (χ1) is 13.0. The van der Waals surface area contributed by atoms with Crippen LogP contribution in [0.3, 0.4) is 0 Å². The lowest BCUT2D eigenvalue weighted by atomic mass is 10.2. The van der Waals surface area contributed by atoms with Gasteiger partial charge in [0, 0.05) is 14.0 Å². The molecule has 1 rings (SSSR count). The fraction of sp³-hybridized carbons (Fsp3) is 0.556. The van der Waals surface area contributed by atoms with Gasteiger partial charge in [0.05, 0.1) is 55.9 Å². The number of anilines is 1. The summed E-state index contributed by atoms with van der Waals surface area (Å²) in [4.78, 5) is 22.5. The zero-order valence-corrected chi connectivity index (χ0v) is 16.4. The van der Waals surface area contributed by atoms with Gasteiger partial charge < -0.3 is 29.0 Å². The molecule has 8 nitrogen and oxygen atoms in total. The van der Waals surface area contributed by atoms with Gasteiger partial charge in [-0.1, -0.05) is 11.6 Å². The third-order valence-corrected chi connectivity index (χ3v) is 3.54. The minimum atomic E-state index is -0.436. The van der Waals surface area contributed by atoms with E-state index in [4.69, 9.17) is 35.3 Å². The molecule has 0 unspecified atom stereocenters. The number of hydrogen-bond donors (Lipinski definition) is 1. The second-order valence-corrected chi connectivity index (χ2v) is 5.66. The van der Waals surface area contributed by atoms with Crippen LogP contribution in [0.5, 0.6) is 0 Å². The van der Waals surface area contributed by atoms with Crippen molar-refractivity contribution >= 4 is 29.2 Å². The summed E-state index contributed by atoms with van der Waals surface area (Å²) >= 11 is 5.97. The average Bonchev–Trinajstić information content (AvgIpc) is 2.65. The van der Waals surface area contributed by atoms with E-state index in [9.17, 15) is 9.59 Å². The normalized spacial score (nSPS) is 10.5. The summed E-state index contributed by atoms with van der Waals surface area (Å²) in [6.45, 7) is 3.98. The van der Waals surface area contributed by atoms with Gasteiger partial charge >= 0.3 is 11.9 Å². The summed E-state index contributed by atoms with van der Waals surface area (Å²) in [7, 11) is 1.72. The monoisotopic (exact) mass is 403 g/mol. The first-order valence-electron chi connectivity index (χ1n) is 8.55. The molecule has 1 aromatic rings. The van der Waals surface area contributed by atoms with E-state index >= 15 is 0 Å². The lowest BCUT2D eigenvalue weighted by Gasteiger charge is -2.09. The number of nitrogens with one attached hydrogen (secondary N) is 1. The summed E-state index contributed by atoms with van der Waals surface area (Å²) in [5.74, 6) is -0.762. The molecule has 0 saturated carbocycles. The first-order valence-corrected chi connectivity index (χ1v) is 8.93. The van der Waals surface area contributed by atoms with Crippen LogP contribution in [0, 0.1) is 0 Å². The van der Waals surface area contributed by atoms with Crippen molar-refractivity contribution in [1.29, 1.82) is 0 Å². The van der Waals surface area contributed by atoms with Gasteiger partial charge in [-0.25, -0.2) is 4.79 Å². The largest absolute Gasteiger partial charge is 0.463 e. The van der Waals surface area contributed by atoms with Gasteiger partial charge in [0.2, 0.25) is 0 Å². The van der Waals surface area contributed by atoms with Crippen LogP contribution in [0.25, 0.3) is 0 Å². The zero-order chi connectivity index (χ0) is 19.9. The van der Waals surface area contributed by atoms with E-state index in [1.54, 1.807) is 25.2 Å². The molecule has 0 aliphatic carbocycles. The molecular weight excluding hydrogens is 378 g/mol. The SMILES string of the molecule is CNc1cc(C(=O)OCCOCCOCCOCCOC(C)=O)ccc1Cl. The van der Waals surface area contributed by atoms with Crippen molar-refractivity contribution in [1.82, 2.24) is 0 Å². The van der Waals surface area contributed by atoms with Gasteiger partial charge in [0.15, 0.2) is 0 Å². The van der Waals surface area contributed by atoms with Crippen LogP contribution in [0.15, 0.2) is 18.2 Å². The second kappa shape index (κ2) is 14.2. The lowest BCUT2D eigenvalue weighted by Crippen LogP contribution is -2.15. The Labute approximate surface area is 164 Å². The van der Waals surface area contributed by atoms with Crippen molar-refractivity contribution in [3.05, 3.63) is 28.8 Å². The van der Waals surface area contributed by atoms with Crippen molar-refractivity contribution in [2.45, 2.75) is 6.92 Å². The fourth-order valence-electron chi connectivity index (χ4n) is 1.91. The summed E-state index contributed by atoms with van der Waals surface area (Å²) < 4.78 is 25.7. The van der Waals surface area contributed by atoms with Gasteiger partial charge in [-0.3, -0.25) is 4.79 Å². The molecule has 9 heteroatoms. The van der Waals surface area contributed by atoms with Crippen LogP contribution in [0.4, 0.5) is 5.69 Å². The van der Waals surface area contributed by atoms with Crippen molar-refractivity contribution in [3.63, 3.8) is 0 Å². The number of ether oxygens (including phenoxy) is 5. The Kier molecular flexibility index (Phi) is 12.2. The number of halogens is 1. The van der Waals surface area contributed by atoms with E-state index in [1.807, 2.05) is 0 Å². The van der Waals surface area contributed by atoms with Gasteiger partial charge in [-0.15, -0.1) is 0 Å². The molecule has 1 aromatic carbocycles. The Bertz CT molecular complexity index is 583. The smallest absolute Gasteiger partial charge is 0.338 e. The highest BCUT2D eigenvalue weighted by molar-refractivity contribution is 6.33. The van der Waals surface area contributed by atoms with Crippen LogP contribution in [-0.2, 0) is 28.5 Å². The lowest BCUT2D eigenvalue weighted by molar-refractivity contribution is -0.142. The molecule has 0 spiro atoms. The van der Waals surface area contributed by atoms with E-state index in [0.29, 0.717) is 49.3 Å². The minimum Gasteiger partial charge on any atom is -0.463 e. The van der Waals surface area contributed by atoms with E-state index in [1.165, 1.54) is 6.92 Å². The van der Waals surface area contributed by atoms with Crippen LogP contribution < -0.4 is 5.32 Å². The third-order valence-electron chi connectivity index (χ3n) is 3.21. The Balaban J connectivity index is 1.97. The molecular formula is C18H26ClNO7. The molecule has 27 heavy (non-hydrogen) atoms. The highest BCUT2D eigenvalue weighted by Gasteiger charge is 2.09. The van der Waals surface area contributed by atoms with E-state index in [2.05, 4.69) is 5.32 Å². The molecule has 1 N–H and O–H groups in total. The third kappa shape index (κ3) is 10.8. The van der Waals surface area contributed by atoms with E-state index in [-0.39, 0.29) is 25.8 Å². The molecule has 0 radical (unpaired) electrons. The van der Waals surface area contributed by atoms with Crippen LogP contribution in [-0.4, -0.2) is 71.8 Å². The number of rotatable bonds is 14. The molecule has 0 atom stereocenters. The molecule has 0 aromatic heterocycles. The minimum absolute atomic E-state index is 0.148. The number of esters is 2. The predicted octanol–water partition coefficient (Wildman–Crippen LogP) is 2.15. The number of benzene rings is 1. The summed E-state index contributed by atoms with van der Waals surface area (Å²) in [6, 6.07) is 4.88. The highest BCUT2D eigenvalue weighted by Crippen LogP contribution is 2.22. The molecule has 0 fully saturated rings. The topological polar surface area (TPSA) is 92.3 Å². The summed E-state index contributed by atoms with van der Waals surface area (Å²) in [5, 5.41) is 3.44. The van der Waals surface area contributed by atoms with E-state index in [0.717, 1.165) is 0 Å². The van der Waals surface area contributed by atoms with Crippen molar-refractivity contribution < 1.29 is 33.3 Å². The second-order valence-electron chi connectivity index (χ2n) is 5.26. The number of hydrogen-bond acceptors (Lipinski definition) is 8. The van der Waals surface area contributed by atoms with Gasteiger partial charge in [-0.2, -0.15) is 0 Å². The Morgan fingerprint density at radius 1 is 0.889 bits per heavy atom. The fourth-order valence-corrected chi connectivity index (χ4v) is 2.12. The maximum absolute atomic E-state index is 11.9. The maximum atomic E-state index is 11.9. The van der Waals surface area contributed by atoms with Gasteiger partial charge in [0.1, 0.15) is 13.2 Å². The molecule has 0 bridgehead atoms. The number of carbonyl (C=O) groups excluding carboxylic acids is 2. The highest BCUT2D eigenvalue weighted by atomic mass is 35.5. The van der Waals surface area contributed by atoms with Gasteiger partial charge in [0.25, 0.3) is 0 Å². The van der Waals surface area contributed by atoms with Crippen molar-refractivity contribution in [3.8, 4) is 0 Å². The maximum Gasteiger partial charge on any atom is 0.338 e. The molecule has 0 heterocycles. The van der Waals surface area contributed by atoms with Crippen molar-refractivity contribution in [2.75, 3.05) is 65.2 Å². The summed E-state index contributed by atoms with van der Waals surface area (Å²) in [6.07, 6.45) is 0. The van der Waals surface area contributed by atoms with E-state index < -0.39 is 5.97 Å². The zero-order valence-electron chi connectivity index (χ0n) is 15.6. The first kappa shape index (κ1) is 23.2. The molecule has 0 aliphatic rings. The number of carbonyl (C=O) groups is 2. The Hall–Kier alpha value is -1.87. The average molecular weight is 404 g/mol.